The second kappa shape index (κ2) is 5.73. The van der Waals surface area contributed by atoms with Crippen LogP contribution in [0, 0.1) is 0 Å². The molecule has 2 aliphatic heterocycles. The van der Waals surface area contributed by atoms with Crippen molar-refractivity contribution in [2.24, 2.45) is 7.05 Å². The summed E-state index contributed by atoms with van der Waals surface area (Å²) in [4.78, 5) is 27.3. The maximum Gasteiger partial charge on any atom is 0.263 e. The smallest absolute Gasteiger partial charge is 0.263 e. The van der Waals surface area contributed by atoms with Crippen LogP contribution < -0.4 is 5.32 Å². The molecule has 1 atom stereocenters. The van der Waals surface area contributed by atoms with Crippen LogP contribution in [0.5, 0.6) is 0 Å². The standard InChI is InChI=1S/C17H20N4O2S/c1-20-11-12(10-18-20)13-9-15(22)19-17(13)4-6-21(7-5-17)16(23)14-3-2-8-24-14/h2-3,8,10-11,13H,4-7,9H2,1H3,(H,19,22). The van der Waals surface area contributed by atoms with E-state index in [1.165, 1.54) is 11.3 Å². The van der Waals surface area contributed by atoms with Gasteiger partial charge >= 0.3 is 0 Å². The van der Waals surface area contributed by atoms with Crippen LogP contribution in [0.3, 0.4) is 0 Å². The number of amides is 2. The zero-order valence-corrected chi connectivity index (χ0v) is 14.4. The van der Waals surface area contributed by atoms with Crippen molar-refractivity contribution < 1.29 is 9.59 Å². The Balaban J connectivity index is 1.52. The summed E-state index contributed by atoms with van der Waals surface area (Å²) in [5.41, 5.74) is 0.862. The maximum atomic E-state index is 12.5. The zero-order chi connectivity index (χ0) is 16.7. The molecular formula is C17H20N4O2S. The van der Waals surface area contributed by atoms with Gasteiger partial charge in [0.25, 0.3) is 5.91 Å². The van der Waals surface area contributed by atoms with E-state index in [2.05, 4.69) is 10.4 Å². The number of hydrogen-bond acceptors (Lipinski definition) is 4. The number of piperidine rings is 1. The van der Waals surface area contributed by atoms with Gasteiger partial charge in [0.1, 0.15) is 0 Å². The van der Waals surface area contributed by atoms with Crippen molar-refractivity contribution >= 4 is 23.2 Å². The molecule has 0 aliphatic carbocycles. The number of thiophene rings is 1. The van der Waals surface area contributed by atoms with E-state index in [1.807, 2.05) is 41.9 Å². The molecule has 4 heterocycles. The molecule has 2 fully saturated rings. The van der Waals surface area contributed by atoms with Crippen LogP contribution in [0.1, 0.15) is 40.4 Å². The minimum absolute atomic E-state index is 0.0990. The van der Waals surface area contributed by atoms with E-state index < -0.39 is 0 Å². The summed E-state index contributed by atoms with van der Waals surface area (Å²) in [5, 5.41) is 9.39. The zero-order valence-electron chi connectivity index (χ0n) is 13.6. The number of rotatable bonds is 2. The molecule has 2 amide bonds. The van der Waals surface area contributed by atoms with E-state index in [0.717, 1.165) is 23.3 Å². The van der Waals surface area contributed by atoms with Gasteiger partial charge in [-0.1, -0.05) is 6.07 Å². The molecule has 1 spiro atoms. The fraction of sp³-hybridized carbons (Fsp3) is 0.471. The summed E-state index contributed by atoms with van der Waals surface area (Å²) in [6.45, 7) is 1.35. The first kappa shape index (κ1) is 15.4. The number of aromatic nitrogens is 2. The molecule has 2 aromatic rings. The van der Waals surface area contributed by atoms with Gasteiger partial charge in [0.15, 0.2) is 0 Å². The molecule has 1 N–H and O–H groups in total. The van der Waals surface area contributed by atoms with E-state index in [-0.39, 0.29) is 23.3 Å². The summed E-state index contributed by atoms with van der Waals surface area (Å²) < 4.78 is 1.78. The van der Waals surface area contributed by atoms with Crippen LogP contribution in [0.2, 0.25) is 0 Å². The first-order chi connectivity index (χ1) is 11.6. The molecule has 24 heavy (non-hydrogen) atoms. The molecule has 4 rings (SSSR count). The first-order valence-electron chi connectivity index (χ1n) is 8.20. The summed E-state index contributed by atoms with van der Waals surface area (Å²) in [5.74, 6) is 0.335. The topological polar surface area (TPSA) is 67.2 Å². The molecule has 2 aromatic heterocycles. The quantitative estimate of drug-likeness (QED) is 0.903. The maximum absolute atomic E-state index is 12.5. The highest BCUT2D eigenvalue weighted by Gasteiger charge is 2.49. The highest BCUT2D eigenvalue weighted by atomic mass is 32.1. The predicted molar refractivity (Wildman–Crippen MR) is 90.9 cm³/mol. The van der Waals surface area contributed by atoms with Crippen LogP contribution in [-0.2, 0) is 11.8 Å². The molecule has 2 aliphatic rings. The third-order valence-corrected chi connectivity index (χ3v) is 6.10. The number of carbonyl (C=O) groups is 2. The van der Waals surface area contributed by atoms with Gasteiger partial charge < -0.3 is 10.2 Å². The summed E-state index contributed by atoms with van der Waals surface area (Å²) in [7, 11) is 1.89. The minimum atomic E-state index is -0.244. The van der Waals surface area contributed by atoms with E-state index in [1.54, 1.807) is 4.68 Å². The highest BCUT2D eigenvalue weighted by molar-refractivity contribution is 7.12. The lowest BCUT2D eigenvalue weighted by atomic mass is 9.75. The molecule has 0 aromatic carbocycles. The van der Waals surface area contributed by atoms with Gasteiger partial charge in [-0.25, -0.2) is 0 Å². The van der Waals surface area contributed by atoms with E-state index in [0.29, 0.717) is 19.5 Å². The van der Waals surface area contributed by atoms with Gasteiger partial charge in [-0.15, -0.1) is 11.3 Å². The number of aryl methyl sites for hydroxylation is 1. The van der Waals surface area contributed by atoms with Crippen molar-refractivity contribution in [1.82, 2.24) is 20.0 Å². The number of hydrogen-bond donors (Lipinski definition) is 1. The second-order valence-corrected chi connectivity index (χ2v) is 7.63. The Morgan fingerprint density at radius 1 is 1.42 bits per heavy atom. The van der Waals surface area contributed by atoms with Gasteiger partial charge in [-0.3, -0.25) is 14.3 Å². The largest absolute Gasteiger partial charge is 0.350 e. The van der Waals surface area contributed by atoms with Gasteiger partial charge in [0.05, 0.1) is 16.6 Å². The lowest BCUT2D eigenvalue weighted by Gasteiger charge is -2.42. The van der Waals surface area contributed by atoms with E-state index >= 15 is 0 Å². The van der Waals surface area contributed by atoms with Crippen molar-refractivity contribution in [2.45, 2.75) is 30.7 Å². The molecule has 6 nitrogen and oxygen atoms in total. The Kier molecular flexibility index (Phi) is 3.68. The summed E-state index contributed by atoms with van der Waals surface area (Å²) >= 11 is 1.48. The van der Waals surface area contributed by atoms with Crippen LogP contribution in [0.15, 0.2) is 29.9 Å². The Bertz CT molecular complexity index is 759. The van der Waals surface area contributed by atoms with Crippen LogP contribution in [-0.4, -0.2) is 45.1 Å². The molecule has 1 unspecified atom stereocenters. The van der Waals surface area contributed by atoms with Gasteiger partial charge in [-0.05, 0) is 29.9 Å². The Morgan fingerprint density at radius 3 is 2.83 bits per heavy atom. The monoisotopic (exact) mass is 344 g/mol. The molecule has 0 saturated carbocycles. The van der Waals surface area contributed by atoms with Crippen LogP contribution in [0.4, 0.5) is 0 Å². The van der Waals surface area contributed by atoms with Crippen molar-refractivity contribution in [3.63, 3.8) is 0 Å². The molecule has 0 bridgehead atoms. The van der Waals surface area contributed by atoms with Gasteiger partial charge in [0, 0.05) is 38.7 Å². The molecule has 7 heteroatoms. The van der Waals surface area contributed by atoms with Crippen LogP contribution in [0.25, 0.3) is 0 Å². The SMILES string of the molecule is Cn1cc(C2CC(=O)NC23CCN(C(=O)c2cccs2)CC3)cn1. The Hall–Kier alpha value is -2.15. The van der Waals surface area contributed by atoms with E-state index in [4.69, 9.17) is 0 Å². The highest BCUT2D eigenvalue weighted by Crippen LogP contribution is 2.43. The number of nitrogens with one attached hydrogen (secondary N) is 1. The fourth-order valence-corrected chi connectivity index (χ4v) is 4.68. The van der Waals surface area contributed by atoms with Crippen LogP contribution >= 0.6 is 11.3 Å². The lowest BCUT2D eigenvalue weighted by Crippen LogP contribution is -2.54. The molecule has 126 valence electrons. The molecular weight excluding hydrogens is 324 g/mol. The molecule has 0 radical (unpaired) electrons. The number of carbonyl (C=O) groups excluding carboxylic acids is 2. The Morgan fingerprint density at radius 2 is 2.21 bits per heavy atom. The lowest BCUT2D eigenvalue weighted by molar-refractivity contribution is -0.120. The average Bonchev–Trinajstić information content (AvgIpc) is 3.28. The third kappa shape index (κ3) is 2.53. The number of likely N-dealkylation sites (tertiary alicyclic amines) is 1. The first-order valence-corrected chi connectivity index (χ1v) is 9.08. The summed E-state index contributed by atoms with van der Waals surface area (Å²) in [6.07, 6.45) is 5.93. The van der Waals surface area contributed by atoms with Crippen molar-refractivity contribution in [3.05, 3.63) is 40.3 Å². The van der Waals surface area contributed by atoms with Gasteiger partial charge in [0.2, 0.25) is 5.91 Å². The van der Waals surface area contributed by atoms with E-state index in [9.17, 15) is 9.59 Å². The second-order valence-electron chi connectivity index (χ2n) is 6.68. The van der Waals surface area contributed by atoms with Crippen molar-refractivity contribution in [3.8, 4) is 0 Å². The van der Waals surface area contributed by atoms with Gasteiger partial charge in [-0.2, -0.15) is 5.10 Å². The fourth-order valence-electron chi connectivity index (χ4n) is 3.99. The predicted octanol–water partition coefficient (Wildman–Crippen LogP) is 1.76. The minimum Gasteiger partial charge on any atom is -0.350 e. The molecule has 2 saturated heterocycles. The Labute approximate surface area is 144 Å². The van der Waals surface area contributed by atoms with Crippen molar-refractivity contribution in [2.75, 3.05) is 13.1 Å². The third-order valence-electron chi connectivity index (χ3n) is 5.25. The average molecular weight is 344 g/mol. The van der Waals surface area contributed by atoms with Crippen molar-refractivity contribution in [1.29, 1.82) is 0 Å². The normalized spacial score (nSPS) is 22.8. The number of nitrogens with zero attached hydrogens (tertiary/aromatic N) is 3. The summed E-state index contributed by atoms with van der Waals surface area (Å²) in [6, 6.07) is 3.77.